The van der Waals surface area contributed by atoms with E-state index < -0.39 is 0 Å². The molecule has 0 amide bonds. The highest BCUT2D eigenvalue weighted by Gasteiger charge is 2.25. The molecular formula is C19H22FN. The number of hydrogen-bond donors (Lipinski definition) is 1. The minimum Gasteiger partial charge on any atom is -0.327 e. The van der Waals surface area contributed by atoms with Gasteiger partial charge in [0.15, 0.2) is 0 Å². The highest BCUT2D eigenvalue weighted by atomic mass is 19.1. The third-order valence-electron chi connectivity index (χ3n) is 4.69. The van der Waals surface area contributed by atoms with Crippen molar-refractivity contribution in [1.29, 1.82) is 0 Å². The molecule has 0 aliphatic heterocycles. The van der Waals surface area contributed by atoms with E-state index in [1.165, 1.54) is 23.6 Å². The lowest BCUT2D eigenvalue weighted by molar-refractivity contribution is 0.459. The Morgan fingerprint density at radius 3 is 2.86 bits per heavy atom. The summed E-state index contributed by atoms with van der Waals surface area (Å²) in [5.41, 5.74) is 11.5. The van der Waals surface area contributed by atoms with Crippen LogP contribution in [0.15, 0.2) is 42.5 Å². The van der Waals surface area contributed by atoms with E-state index in [1.54, 1.807) is 6.07 Å². The van der Waals surface area contributed by atoms with Gasteiger partial charge < -0.3 is 5.73 Å². The van der Waals surface area contributed by atoms with Crippen LogP contribution in [0.2, 0.25) is 0 Å². The second-order valence-corrected chi connectivity index (χ2v) is 6.14. The van der Waals surface area contributed by atoms with Crippen LogP contribution < -0.4 is 5.73 Å². The number of benzene rings is 2. The van der Waals surface area contributed by atoms with E-state index in [2.05, 4.69) is 24.3 Å². The van der Waals surface area contributed by atoms with Gasteiger partial charge in [-0.15, -0.1) is 0 Å². The van der Waals surface area contributed by atoms with Crippen molar-refractivity contribution in [3.63, 3.8) is 0 Å². The first-order valence-electron chi connectivity index (χ1n) is 7.73. The largest absolute Gasteiger partial charge is 0.327 e. The van der Waals surface area contributed by atoms with Gasteiger partial charge in [0.2, 0.25) is 0 Å². The van der Waals surface area contributed by atoms with Crippen molar-refractivity contribution in [2.75, 3.05) is 0 Å². The molecule has 0 saturated carbocycles. The average molecular weight is 283 g/mol. The zero-order chi connectivity index (χ0) is 14.8. The zero-order valence-electron chi connectivity index (χ0n) is 12.5. The lowest BCUT2D eigenvalue weighted by Crippen LogP contribution is -2.33. The Morgan fingerprint density at radius 1 is 1.24 bits per heavy atom. The van der Waals surface area contributed by atoms with Crippen molar-refractivity contribution in [3.8, 4) is 0 Å². The molecule has 1 aliphatic rings. The summed E-state index contributed by atoms with van der Waals surface area (Å²) >= 11 is 0. The predicted octanol–water partition coefficient (Wildman–Crippen LogP) is 4.12. The molecule has 1 aliphatic carbocycles. The second kappa shape index (κ2) is 5.98. The van der Waals surface area contributed by atoms with Crippen LogP contribution in [-0.4, -0.2) is 6.04 Å². The number of rotatable bonds is 3. The van der Waals surface area contributed by atoms with E-state index in [-0.39, 0.29) is 11.9 Å². The van der Waals surface area contributed by atoms with Crippen LogP contribution in [0.5, 0.6) is 0 Å². The van der Waals surface area contributed by atoms with Gasteiger partial charge in [0.1, 0.15) is 5.82 Å². The monoisotopic (exact) mass is 283 g/mol. The van der Waals surface area contributed by atoms with Gasteiger partial charge in [-0.1, -0.05) is 30.3 Å². The minimum absolute atomic E-state index is 0.0932. The fourth-order valence-electron chi connectivity index (χ4n) is 3.52. The average Bonchev–Trinajstić information content (AvgIpc) is 2.49. The van der Waals surface area contributed by atoms with Crippen molar-refractivity contribution in [2.24, 2.45) is 5.73 Å². The van der Waals surface area contributed by atoms with Gasteiger partial charge >= 0.3 is 0 Å². The van der Waals surface area contributed by atoms with Crippen LogP contribution in [0, 0.1) is 12.7 Å². The fourth-order valence-corrected chi connectivity index (χ4v) is 3.52. The Balaban J connectivity index is 1.81. The molecule has 2 N–H and O–H groups in total. The van der Waals surface area contributed by atoms with Crippen molar-refractivity contribution >= 4 is 0 Å². The summed E-state index contributed by atoms with van der Waals surface area (Å²) in [7, 11) is 0. The molecule has 110 valence electrons. The highest BCUT2D eigenvalue weighted by Crippen LogP contribution is 2.34. The Kier molecular flexibility index (Phi) is 4.07. The van der Waals surface area contributed by atoms with E-state index in [0.717, 1.165) is 30.4 Å². The molecule has 3 rings (SSSR count). The van der Waals surface area contributed by atoms with Crippen LogP contribution in [0.3, 0.4) is 0 Å². The lowest BCUT2D eigenvalue weighted by Gasteiger charge is -2.30. The van der Waals surface area contributed by atoms with Gasteiger partial charge in [0, 0.05) is 6.04 Å². The molecule has 0 bridgehead atoms. The Labute approximate surface area is 126 Å². The molecule has 0 heterocycles. The normalized spacial score (nSPS) is 19.1. The van der Waals surface area contributed by atoms with Crippen LogP contribution in [0.4, 0.5) is 4.39 Å². The van der Waals surface area contributed by atoms with Crippen molar-refractivity contribution < 1.29 is 4.39 Å². The van der Waals surface area contributed by atoms with Crippen LogP contribution in [0.25, 0.3) is 0 Å². The molecular weight excluding hydrogens is 261 g/mol. The maximum absolute atomic E-state index is 13.2. The molecule has 0 fully saturated rings. The number of hydrogen-bond acceptors (Lipinski definition) is 1. The molecule has 21 heavy (non-hydrogen) atoms. The summed E-state index contributed by atoms with van der Waals surface area (Å²) in [4.78, 5) is 0. The van der Waals surface area contributed by atoms with E-state index in [4.69, 9.17) is 5.73 Å². The van der Waals surface area contributed by atoms with Gasteiger partial charge in [0.05, 0.1) is 0 Å². The van der Waals surface area contributed by atoms with Crippen molar-refractivity contribution in [1.82, 2.24) is 0 Å². The molecule has 0 spiro atoms. The molecule has 2 aromatic rings. The molecule has 0 radical (unpaired) electrons. The Bertz CT molecular complexity index is 635. The van der Waals surface area contributed by atoms with Crippen molar-refractivity contribution in [3.05, 3.63) is 70.5 Å². The maximum atomic E-state index is 13.2. The van der Waals surface area contributed by atoms with Crippen LogP contribution in [-0.2, 0) is 12.8 Å². The summed E-state index contributed by atoms with van der Waals surface area (Å²) < 4.78 is 13.2. The molecule has 2 unspecified atom stereocenters. The fraction of sp³-hybridized carbons (Fsp3) is 0.368. The summed E-state index contributed by atoms with van der Waals surface area (Å²) in [6, 6.07) is 13.7. The Hall–Kier alpha value is -1.67. The molecule has 1 nitrogen and oxygen atoms in total. The minimum atomic E-state index is -0.173. The van der Waals surface area contributed by atoms with E-state index in [0.29, 0.717) is 5.92 Å². The summed E-state index contributed by atoms with van der Waals surface area (Å²) in [5.74, 6) is 0.243. The third kappa shape index (κ3) is 3.01. The first-order valence-corrected chi connectivity index (χ1v) is 7.73. The molecule has 2 atom stereocenters. The number of fused-ring (bicyclic) bond motifs is 1. The van der Waals surface area contributed by atoms with Gasteiger partial charge in [-0.3, -0.25) is 0 Å². The van der Waals surface area contributed by atoms with Crippen molar-refractivity contribution in [2.45, 2.75) is 44.6 Å². The van der Waals surface area contributed by atoms with Gasteiger partial charge in [-0.2, -0.15) is 0 Å². The van der Waals surface area contributed by atoms with E-state index >= 15 is 0 Å². The topological polar surface area (TPSA) is 26.0 Å². The quantitative estimate of drug-likeness (QED) is 0.900. The first kappa shape index (κ1) is 14.3. The number of nitrogens with two attached hydrogens (primary N) is 1. The molecule has 2 heteroatoms. The lowest BCUT2D eigenvalue weighted by atomic mass is 9.77. The van der Waals surface area contributed by atoms with Gasteiger partial charge in [-0.25, -0.2) is 4.39 Å². The summed E-state index contributed by atoms with van der Waals surface area (Å²) in [6.07, 6.45) is 4.33. The predicted molar refractivity (Wildman–Crippen MR) is 84.9 cm³/mol. The molecule has 0 saturated heterocycles. The van der Waals surface area contributed by atoms with Gasteiger partial charge in [-0.05, 0) is 72.9 Å². The van der Waals surface area contributed by atoms with Crippen LogP contribution >= 0.6 is 0 Å². The smallest absolute Gasteiger partial charge is 0.123 e. The number of aryl methyl sites for hydroxylation is 2. The van der Waals surface area contributed by atoms with Gasteiger partial charge in [0.25, 0.3) is 0 Å². The first-order chi connectivity index (χ1) is 10.1. The number of halogens is 1. The Morgan fingerprint density at radius 2 is 2.05 bits per heavy atom. The molecule has 0 aromatic heterocycles. The zero-order valence-corrected chi connectivity index (χ0v) is 12.5. The SMILES string of the molecule is Cc1cc(F)ccc1CC(N)C1CCCc2ccccc21. The molecule has 2 aromatic carbocycles. The summed E-state index contributed by atoms with van der Waals surface area (Å²) in [5, 5.41) is 0. The van der Waals surface area contributed by atoms with Crippen LogP contribution in [0.1, 0.15) is 41.0 Å². The summed E-state index contributed by atoms with van der Waals surface area (Å²) in [6.45, 7) is 1.96. The highest BCUT2D eigenvalue weighted by molar-refractivity contribution is 5.35. The third-order valence-corrected chi connectivity index (χ3v) is 4.69. The second-order valence-electron chi connectivity index (χ2n) is 6.14. The standard InChI is InChI=1S/C19H22FN/c1-13-11-16(20)10-9-15(13)12-19(21)18-8-4-6-14-5-2-3-7-17(14)18/h2-3,5,7,9-11,18-19H,4,6,8,12,21H2,1H3. The van der Waals surface area contributed by atoms with E-state index in [1.807, 2.05) is 13.0 Å². The van der Waals surface area contributed by atoms with E-state index in [9.17, 15) is 4.39 Å². The maximum Gasteiger partial charge on any atom is 0.123 e.